The fourth-order valence-corrected chi connectivity index (χ4v) is 2.54. The Bertz CT molecular complexity index is 699. The summed E-state index contributed by atoms with van der Waals surface area (Å²) in [5.41, 5.74) is 0.258. The zero-order valence-electron chi connectivity index (χ0n) is 12.8. The minimum atomic E-state index is -4.78. The zero-order chi connectivity index (χ0) is 18.3. The van der Waals surface area contributed by atoms with Gasteiger partial charge >= 0.3 is 12.3 Å². The smallest absolute Gasteiger partial charge is 0.456 e. The molecule has 0 atom stereocenters. The summed E-state index contributed by atoms with van der Waals surface area (Å²) in [6.07, 6.45) is -4.07. The highest BCUT2D eigenvalue weighted by Crippen LogP contribution is 2.23. The number of benzene rings is 1. The maximum absolute atomic E-state index is 12.0. The molecule has 2 rings (SSSR count). The Morgan fingerprint density at radius 1 is 1.12 bits per heavy atom. The van der Waals surface area contributed by atoms with Crippen molar-refractivity contribution in [2.45, 2.75) is 19.2 Å². The lowest BCUT2D eigenvalue weighted by atomic mass is 10.3. The molecule has 0 spiro atoms. The summed E-state index contributed by atoms with van der Waals surface area (Å²) < 4.78 is 44.7. The van der Waals surface area contributed by atoms with Crippen LogP contribution in [0.4, 0.5) is 18.9 Å². The van der Waals surface area contributed by atoms with Gasteiger partial charge in [-0.15, -0.1) is 24.5 Å². The number of carbonyl (C=O) groups excluding carboxylic acids is 2. The molecular formula is C16H14F3NO4S. The van der Waals surface area contributed by atoms with Gasteiger partial charge in [0.1, 0.15) is 5.75 Å². The van der Waals surface area contributed by atoms with Crippen LogP contribution in [0.5, 0.6) is 5.75 Å². The van der Waals surface area contributed by atoms with Crippen LogP contribution in [-0.2, 0) is 20.7 Å². The van der Waals surface area contributed by atoms with E-state index in [0.717, 1.165) is 17.0 Å². The van der Waals surface area contributed by atoms with E-state index >= 15 is 0 Å². The summed E-state index contributed by atoms with van der Waals surface area (Å²) in [6.45, 7) is -0.468. The summed E-state index contributed by atoms with van der Waals surface area (Å²) in [4.78, 5) is 24.3. The molecule has 134 valence electrons. The van der Waals surface area contributed by atoms with E-state index in [4.69, 9.17) is 4.74 Å². The fraction of sp³-hybridized carbons (Fsp3) is 0.250. The number of ether oxygens (including phenoxy) is 2. The lowest BCUT2D eigenvalue weighted by Crippen LogP contribution is -2.21. The first-order valence-corrected chi connectivity index (χ1v) is 8.03. The summed E-state index contributed by atoms with van der Waals surface area (Å²) in [7, 11) is 0. The van der Waals surface area contributed by atoms with Crippen LogP contribution in [0.1, 0.15) is 11.3 Å². The van der Waals surface area contributed by atoms with Crippen molar-refractivity contribution < 1.29 is 32.2 Å². The van der Waals surface area contributed by atoms with Crippen LogP contribution in [0, 0.1) is 0 Å². The molecule has 1 amide bonds. The average Bonchev–Trinajstić information content (AvgIpc) is 3.05. The maximum atomic E-state index is 12.0. The van der Waals surface area contributed by atoms with Crippen molar-refractivity contribution in [3.63, 3.8) is 0 Å². The van der Waals surface area contributed by atoms with Gasteiger partial charge in [-0.05, 0) is 42.1 Å². The van der Waals surface area contributed by atoms with Crippen LogP contribution >= 0.6 is 11.3 Å². The van der Waals surface area contributed by atoms with Gasteiger partial charge in [-0.3, -0.25) is 9.59 Å². The van der Waals surface area contributed by atoms with Gasteiger partial charge in [0.05, 0.1) is 6.42 Å². The minimum absolute atomic E-state index is 0.164. The molecule has 1 aromatic heterocycles. The van der Waals surface area contributed by atoms with Crippen LogP contribution in [0.25, 0.3) is 0 Å². The molecule has 2 aromatic rings. The number of alkyl halides is 3. The fourth-order valence-electron chi connectivity index (χ4n) is 1.84. The van der Waals surface area contributed by atoms with Crippen LogP contribution in [0.15, 0.2) is 41.8 Å². The maximum Gasteiger partial charge on any atom is 0.573 e. The Balaban J connectivity index is 1.71. The number of thiophene rings is 1. The van der Waals surface area contributed by atoms with Crippen molar-refractivity contribution in [3.8, 4) is 5.75 Å². The molecule has 25 heavy (non-hydrogen) atoms. The van der Waals surface area contributed by atoms with Crippen molar-refractivity contribution in [1.29, 1.82) is 0 Å². The lowest BCUT2D eigenvalue weighted by Gasteiger charge is -2.10. The van der Waals surface area contributed by atoms with Crippen molar-refractivity contribution >= 4 is 28.9 Å². The van der Waals surface area contributed by atoms with E-state index in [0.29, 0.717) is 6.42 Å². The van der Waals surface area contributed by atoms with Gasteiger partial charge in [0, 0.05) is 10.6 Å². The molecule has 9 heteroatoms. The van der Waals surface area contributed by atoms with Gasteiger partial charge in [-0.2, -0.15) is 0 Å². The number of nitrogens with one attached hydrogen (secondary N) is 1. The third kappa shape index (κ3) is 7.25. The molecule has 1 N–H and O–H groups in total. The highest BCUT2D eigenvalue weighted by Gasteiger charge is 2.30. The number of amides is 1. The third-order valence-electron chi connectivity index (χ3n) is 2.89. The number of hydrogen-bond donors (Lipinski definition) is 1. The highest BCUT2D eigenvalue weighted by atomic mass is 32.1. The second-order valence-corrected chi connectivity index (χ2v) is 5.89. The van der Waals surface area contributed by atoms with Crippen molar-refractivity contribution in [2.75, 3.05) is 11.9 Å². The Morgan fingerprint density at radius 3 is 2.44 bits per heavy atom. The first kappa shape index (κ1) is 18.8. The lowest BCUT2D eigenvalue weighted by molar-refractivity contribution is -0.274. The van der Waals surface area contributed by atoms with Gasteiger partial charge in [0.2, 0.25) is 0 Å². The number of carbonyl (C=O) groups is 2. The summed E-state index contributed by atoms with van der Waals surface area (Å²) in [6, 6.07) is 8.40. The van der Waals surface area contributed by atoms with E-state index in [2.05, 4.69) is 10.1 Å². The van der Waals surface area contributed by atoms with E-state index in [1.54, 1.807) is 0 Å². The average molecular weight is 373 g/mol. The zero-order valence-corrected chi connectivity index (χ0v) is 13.7. The topological polar surface area (TPSA) is 64.6 Å². The second kappa shape index (κ2) is 8.52. The molecule has 0 saturated heterocycles. The molecule has 0 bridgehead atoms. The van der Waals surface area contributed by atoms with Crippen LogP contribution in [0.2, 0.25) is 0 Å². The van der Waals surface area contributed by atoms with E-state index in [1.807, 2.05) is 17.5 Å². The number of rotatable bonds is 7. The van der Waals surface area contributed by atoms with Gasteiger partial charge in [0.15, 0.2) is 6.61 Å². The summed E-state index contributed by atoms with van der Waals surface area (Å²) in [5.74, 6) is -1.49. The number of aryl methyl sites for hydroxylation is 1. The van der Waals surface area contributed by atoms with E-state index in [1.165, 1.54) is 23.5 Å². The SMILES string of the molecule is O=C(COC(=O)CCc1cccs1)Nc1ccc(OC(F)(F)F)cc1. The Labute approximate surface area is 145 Å². The van der Waals surface area contributed by atoms with E-state index < -0.39 is 30.6 Å². The molecule has 0 aliphatic carbocycles. The first-order valence-electron chi connectivity index (χ1n) is 7.15. The summed E-state index contributed by atoms with van der Waals surface area (Å²) >= 11 is 1.53. The summed E-state index contributed by atoms with van der Waals surface area (Å²) in [5, 5.41) is 4.31. The quantitative estimate of drug-likeness (QED) is 0.751. The Morgan fingerprint density at radius 2 is 1.84 bits per heavy atom. The van der Waals surface area contributed by atoms with Crippen LogP contribution in [-0.4, -0.2) is 24.8 Å². The molecule has 1 aromatic carbocycles. The molecule has 0 fully saturated rings. The highest BCUT2D eigenvalue weighted by molar-refractivity contribution is 7.09. The third-order valence-corrected chi connectivity index (χ3v) is 3.83. The van der Waals surface area contributed by atoms with E-state index in [-0.39, 0.29) is 12.1 Å². The van der Waals surface area contributed by atoms with Crippen LogP contribution in [0.3, 0.4) is 0 Å². The number of anilines is 1. The van der Waals surface area contributed by atoms with Gasteiger partial charge < -0.3 is 14.8 Å². The molecule has 0 radical (unpaired) electrons. The number of esters is 1. The minimum Gasteiger partial charge on any atom is -0.456 e. The molecule has 1 heterocycles. The second-order valence-electron chi connectivity index (χ2n) is 4.86. The predicted molar refractivity (Wildman–Crippen MR) is 85.4 cm³/mol. The van der Waals surface area contributed by atoms with Crippen molar-refractivity contribution in [1.82, 2.24) is 0 Å². The van der Waals surface area contributed by atoms with Crippen molar-refractivity contribution in [2.24, 2.45) is 0 Å². The Hall–Kier alpha value is -2.55. The predicted octanol–water partition coefficient (Wildman–Crippen LogP) is 3.76. The number of hydrogen-bond acceptors (Lipinski definition) is 5. The van der Waals surface area contributed by atoms with Gasteiger partial charge in [-0.25, -0.2) is 0 Å². The molecule has 0 aliphatic rings. The van der Waals surface area contributed by atoms with Crippen LogP contribution < -0.4 is 10.1 Å². The van der Waals surface area contributed by atoms with E-state index in [9.17, 15) is 22.8 Å². The molecular weight excluding hydrogens is 359 g/mol. The van der Waals surface area contributed by atoms with Gasteiger partial charge in [-0.1, -0.05) is 6.07 Å². The monoisotopic (exact) mass is 373 g/mol. The number of halogens is 3. The first-order chi connectivity index (χ1) is 11.8. The molecule has 5 nitrogen and oxygen atoms in total. The normalized spacial score (nSPS) is 11.0. The molecule has 0 unspecified atom stereocenters. The molecule has 0 aliphatic heterocycles. The van der Waals surface area contributed by atoms with Crippen molar-refractivity contribution in [3.05, 3.63) is 46.7 Å². The largest absolute Gasteiger partial charge is 0.573 e. The Kier molecular flexibility index (Phi) is 6.40. The standard InChI is InChI=1S/C16H14F3NO4S/c17-16(18,19)24-12-5-3-11(4-6-12)20-14(21)10-23-15(22)8-7-13-2-1-9-25-13/h1-6,9H,7-8,10H2,(H,20,21). The van der Waals surface area contributed by atoms with Gasteiger partial charge in [0.25, 0.3) is 5.91 Å². The molecule has 0 saturated carbocycles.